The van der Waals surface area contributed by atoms with E-state index >= 15 is 0 Å². The first-order chi connectivity index (χ1) is 9.11. The summed E-state index contributed by atoms with van der Waals surface area (Å²) in [5, 5.41) is 3.38. The van der Waals surface area contributed by atoms with Crippen LogP contribution in [0, 0.1) is 0 Å². The van der Waals surface area contributed by atoms with Gasteiger partial charge >= 0.3 is 5.97 Å². The molecule has 7 heteroatoms. The smallest absolute Gasteiger partial charge is 0.356 e. The van der Waals surface area contributed by atoms with Crippen molar-refractivity contribution in [2.75, 3.05) is 12.4 Å². The van der Waals surface area contributed by atoms with Gasteiger partial charge < -0.3 is 14.5 Å². The minimum absolute atomic E-state index is 0.206. The molecule has 0 aliphatic carbocycles. The van der Waals surface area contributed by atoms with Gasteiger partial charge in [0.05, 0.1) is 19.9 Å². The summed E-state index contributed by atoms with van der Waals surface area (Å²) in [4.78, 5) is 15.6. The molecule has 0 aliphatic rings. The summed E-state index contributed by atoms with van der Waals surface area (Å²) in [5.74, 6) is 0.271. The van der Waals surface area contributed by atoms with E-state index in [-0.39, 0.29) is 10.8 Å². The zero-order valence-corrected chi connectivity index (χ0v) is 11.3. The lowest BCUT2D eigenvalue weighted by molar-refractivity contribution is 0.0596. The number of hydrogen-bond acceptors (Lipinski definition) is 5. The average molecular weight is 279 g/mol. The van der Waals surface area contributed by atoms with Crippen LogP contribution in [0.5, 0.6) is 0 Å². The number of nitrogens with zero attached hydrogens (tertiary/aromatic N) is 1. The molecule has 0 fully saturated rings. The monoisotopic (exact) mass is 278 g/mol. The maximum Gasteiger partial charge on any atom is 0.356 e. The molecular weight excluding hydrogens is 266 g/mol. The molecule has 2 heterocycles. The van der Waals surface area contributed by atoms with Crippen LogP contribution in [-0.2, 0) is 11.3 Å². The van der Waals surface area contributed by atoms with Crippen LogP contribution in [0.15, 0.2) is 28.9 Å². The van der Waals surface area contributed by atoms with E-state index in [0.29, 0.717) is 12.0 Å². The first kappa shape index (κ1) is 13.5. The van der Waals surface area contributed by atoms with Crippen molar-refractivity contribution in [3.05, 3.63) is 41.1 Å². The van der Waals surface area contributed by atoms with Gasteiger partial charge in [0.25, 0.3) is 0 Å². The number of nitrogens with one attached hydrogen (secondary N) is 1. The van der Waals surface area contributed by atoms with Gasteiger partial charge in [-0.15, -0.1) is 0 Å². The van der Waals surface area contributed by atoms with Crippen LogP contribution in [0.4, 0.5) is 5.69 Å². The maximum atomic E-state index is 11.6. The van der Waals surface area contributed by atoms with Gasteiger partial charge in [-0.1, -0.05) is 11.6 Å². The van der Waals surface area contributed by atoms with Crippen LogP contribution in [0.3, 0.4) is 0 Å². The lowest BCUT2D eigenvalue weighted by Gasteiger charge is -2.11. The normalized spacial score (nSPS) is 10.2. The molecule has 0 aliphatic heterocycles. The molecular formula is C12H12BClN2O3. The van der Waals surface area contributed by atoms with Gasteiger partial charge in [0.2, 0.25) is 0 Å². The standard InChI is InChI=1S/C12H12BClN2O3/c1-18-12(17)11-10(13)8(5-9(14)16-11)15-6-7-3-2-4-19-7/h2-5H,6,13H2,1H3,(H,15,16). The van der Waals surface area contributed by atoms with E-state index in [9.17, 15) is 4.79 Å². The van der Waals surface area contributed by atoms with Crippen molar-refractivity contribution in [1.29, 1.82) is 0 Å². The molecule has 19 heavy (non-hydrogen) atoms. The quantitative estimate of drug-likeness (QED) is 0.513. The molecule has 5 nitrogen and oxygen atoms in total. The Morgan fingerprint density at radius 1 is 1.63 bits per heavy atom. The maximum absolute atomic E-state index is 11.6. The van der Waals surface area contributed by atoms with Gasteiger partial charge in [0.1, 0.15) is 24.5 Å². The van der Waals surface area contributed by atoms with Crippen molar-refractivity contribution in [3.8, 4) is 0 Å². The SMILES string of the molecule is Bc1c(NCc2ccco2)cc(Cl)nc1C(=O)OC. The largest absolute Gasteiger partial charge is 0.467 e. The lowest BCUT2D eigenvalue weighted by Crippen LogP contribution is -2.23. The van der Waals surface area contributed by atoms with Crippen molar-refractivity contribution < 1.29 is 13.9 Å². The van der Waals surface area contributed by atoms with Gasteiger partial charge in [-0.05, 0) is 23.7 Å². The van der Waals surface area contributed by atoms with Crippen molar-refractivity contribution in [2.45, 2.75) is 6.54 Å². The van der Waals surface area contributed by atoms with Crippen LogP contribution in [0.25, 0.3) is 0 Å². The third-order valence-corrected chi connectivity index (χ3v) is 2.85. The predicted octanol–water partition coefficient (Wildman–Crippen LogP) is 0.985. The number of hydrogen-bond donors (Lipinski definition) is 1. The molecule has 0 saturated carbocycles. The fourth-order valence-electron chi connectivity index (χ4n) is 1.65. The number of halogens is 1. The van der Waals surface area contributed by atoms with Gasteiger partial charge in [0.15, 0.2) is 0 Å². The number of rotatable bonds is 4. The number of aromatic nitrogens is 1. The fourth-order valence-corrected chi connectivity index (χ4v) is 1.85. The second-order valence-corrected chi connectivity index (χ2v) is 4.28. The van der Waals surface area contributed by atoms with E-state index in [0.717, 1.165) is 11.4 Å². The van der Waals surface area contributed by atoms with Crippen LogP contribution < -0.4 is 10.8 Å². The zero-order chi connectivity index (χ0) is 13.8. The molecule has 0 spiro atoms. The number of furan rings is 1. The molecule has 0 bridgehead atoms. The minimum Gasteiger partial charge on any atom is -0.467 e. The molecule has 0 atom stereocenters. The summed E-state index contributed by atoms with van der Waals surface area (Å²) in [7, 11) is 3.08. The molecule has 2 rings (SSSR count). The molecule has 0 radical (unpaired) electrons. The third-order valence-electron chi connectivity index (χ3n) is 2.65. The van der Waals surface area contributed by atoms with E-state index in [4.69, 9.17) is 16.0 Å². The Labute approximate surface area is 116 Å². The first-order valence-electron chi connectivity index (χ1n) is 5.63. The molecule has 0 unspecified atom stereocenters. The number of pyridine rings is 1. The Morgan fingerprint density at radius 2 is 2.42 bits per heavy atom. The Balaban J connectivity index is 2.24. The molecule has 0 aromatic carbocycles. The van der Waals surface area contributed by atoms with Gasteiger partial charge in [-0.3, -0.25) is 0 Å². The third kappa shape index (κ3) is 3.09. The van der Waals surface area contributed by atoms with Crippen molar-refractivity contribution >= 4 is 36.6 Å². The molecule has 2 aromatic rings. The number of carbonyl (C=O) groups excluding carboxylic acids is 1. The summed E-state index contributed by atoms with van der Waals surface area (Å²) in [5.41, 5.74) is 1.61. The van der Waals surface area contributed by atoms with Gasteiger partial charge in [-0.25, -0.2) is 9.78 Å². The lowest BCUT2D eigenvalue weighted by atomic mass is 9.92. The average Bonchev–Trinajstić information content (AvgIpc) is 2.91. The van der Waals surface area contributed by atoms with Gasteiger partial charge in [0, 0.05) is 5.69 Å². The highest BCUT2D eigenvalue weighted by atomic mass is 35.5. The Morgan fingerprint density at radius 3 is 3.05 bits per heavy atom. The first-order valence-corrected chi connectivity index (χ1v) is 6.01. The predicted molar refractivity (Wildman–Crippen MR) is 74.8 cm³/mol. The van der Waals surface area contributed by atoms with Crippen LogP contribution >= 0.6 is 11.6 Å². The highest BCUT2D eigenvalue weighted by molar-refractivity contribution is 6.40. The topological polar surface area (TPSA) is 64.4 Å². The van der Waals surface area contributed by atoms with Crippen molar-refractivity contribution in [2.24, 2.45) is 0 Å². The highest BCUT2D eigenvalue weighted by Crippen LogP contribution is 2.14. The molecule has 1 N–H and O–H groups in total. The fraction of sp³-hybridized carbons (Fsp3) is 0.167. The van der Waals surface area contributed by atoms with E-state index < -0.39 is 5.97 Å². The number of carbonyl (C=O) groups is 1. The molecule has 0 saturated heterocycles. The van der Waals surface area contributed by atoms with E-state index in [1.807, 2.05) is 12.1 Å². The number of ether oxygens (including phenoxy) is 1. The Kier molecular flexibility index (Phi) is 4.11. The van der Waals surface area contributed by atoms with Crippen molar-refractivity contribution in [1.82, 2.24) is 4.98 Å². The van der Waals surface area contributed by atoms with E-state index in [1.165, 1.54) is 7.11 Å². The van der Waals surface area contributed by atoms with E-state index in [1.54, 1.807) is 20.2 Å². The van der Waals surface area contributed by atoms with Crippen molar-refractivity contribution in [3.63, 3.8) is 0 Å². The Hall–Kier alpha value is -1.95. The molecule has 0 amide bonds. The molecule has 98 valence electrons. The summed E-state index contributed by atoms with van der Waals surface area (Å²) < 4.78 is 9.89. The van der Waals surface area contributed by atoms with Crippen LogP contribution in [0.1, 0.15) is 16.2 Å². The summed E-state index contributed by atoms with van der Waals surface area (Å²) >= 11 is 5.90. The van der Waals surface area contributed by atoms with Gasteiger partial charge in [-0.2, -0.15) is 0 Å². The number of esters is 1. The minimum atomic E-state index is -0.513. The number of anilines is 1. The second kappa shape index (κ2) is 5.80. The summed E-state index contributed by atoms with van der Waals surface area (Å²) in [6, 6.07) is 5.32. The highest BCUT2D eigenvalue weighted by Gasteiger charge is 2.15. The van der Waals surface area contributed by atoms with E-state index in [2.05, 4.69) is 15.0 Å². The summed E-state index contributed by atoms with van der Waals surface area (Å²) in [6.45, 7) is 0.495. The summed E-state index contributed by atoms with van der Waals surface area (Å²) in [6.07, 6.45) is 1.60. The number of methoxy groups -OCH3 is 1. The van der Waals surface area contributed by atoms with Crippen LogP contribution in [0.2, 0.25) is 5.15 Å². The zero-order valence-electron chi connectivity index (χ0n) is 10.6. The molecule has 2 aromatic heterocycles. The van der Waals surface area contributed by atoms with Crippen LogP contribution in [-0.4, -0.2) is 25.9 Å². The second-order valence-electron chi connectivity index (χ2n) is 3.89. The Bertz CT molecular complexity index is 587.